The summed E-state index contributed by atoms with van der Waals surface area (Å²) in [6, 6.07) is 2.04. The van der Waals surface area contributed by atoms with E-state index in [9.17, 15) is 18.0 Å². The van der Waals surface area contributed by atoms with Crippen molar-refractivity contribution in [3.8, 4) is 0 Å². The first-order valence-electron chi connectivity index (χ1n) is 7.82. The van der Waals surface area contributed by atoms with Gasteiger partial charge in [-0.3, -0.25) is 4.79 Å². The highest BCUT2D eigenvalue weighted by atomic mass is 32.1. The first-order chi connectivity index (χ1) is 10.8. The van der Waals surface area contributed by atoms with Gasteiger partial charge in [-0.05, 0) is 55.7 Å². The van der Waals surface area contributed by atoms with E-state index >= 15 is 0 Å². The molecule has 1 aliphatic rings. The Hall–Kier alpha value is -1.08. The summed E-state index contributed by atoms with van der Waals surface area (Å²) in [5, 5.41) is 6.85. The highest BCUT2D eigenvalue weighted by Crippen LogP contribution is 2.40. The number of carbonyl (C=O) groups is 1. The zero-order valence-corrected chi connectivity index (χ0v) is 14.2. The largest absolute Gasteiger partial charge is 0.391 e. The van der Waals surface area contributed by atoms with Crippen LogP contribution >= 0.6 is 11.3 Å². The number of alkyl halides is 3. The van der Waals surface area contributed by atoms with Crippen LogP contribution in [0.15, 0.2) is 16.8 Å². The Balaban J connectivity index is 1.91. The molecule has 0 bridgehead atoms. The Morgan fingerprint density at radius 3 is 2.74 bits per heavy atom. The number of amides is 1. The fourth-order valence-corrected chi connectivity index (χ4v) is 3.84. The van der Waals surface area contributed by atoms with Gasteiger partial charge in [-0.15, -0.1) is 0 Å². The standard InChI is InChI=1S/C16H23F3N2OS/c1-21(2)14(12-6-7-23-10-12)9-20-15(22)11-4-3-5-13(8-11)16(17,18)19/h6-7,10-11,13-14H,3-5,8-9H2,1-2H3,(H,20,22). The van der Waals surface area contributed by atoms with E-state index in [-0.39, 0.29) is 24.8 Å². The second-order valence-electron chi connectivity index (χ2n) is 6.38. The van der Waals surface area contributed by atoms with Gasteiger partial charge >= 0.3 is 6.18 Å². The Morgan fingerprint density at radius 2 is 2.17 bits per heavy atom. The fraction of sp³-hybridized carbons (Fsp3) is 0.688. The molecule has 0 radical (unpaired) electrons. The monoisotopic (exact) mass is 348 g/mol. The van der Waals surface area contributed by atoms with E-state index in [0.717, 1.165) is 5.56 Å². The maximum absolute atomic E-state index is 12.8. The first-order valence-corrected chi connectivity index (χ1v) is 8.76. The summed E-state index contributed by atoms with van der Waals surface area (Å²) in [4.78, 5) is 14.3. The Bertz CT molecular complexity index is 502. The molecule has 0 aliphatic heterocycles. The van der Waals surface area contributed by atoms with Crippen LogP contribution < -0.4 is 5.32 Å². The molecule has 1 heterocycles. The zero-order chi connectivity index (χ0) is 17.0. The van der Waals surface area contributed by atoms with Crippen molar-refractivity contribution >= 4 is 17.2 Å². The molecule has 130 valence electrons. The predicted molar refractivity (Wildman–Crippen MR) is 85.3 cm³/mol. The average molecular weight is 348 g/mol. The van der Waals surface area contributed by atoms with Crippen LogP contribution in [0.3, 0.4) is 0 Å². The van der Waals surface area contributed by atoms with E-state index in [0.29, 0.717) is 19.4 Å². The van der Waals surface area contributed by atoms with E-state index in [1.54, 1.807) is 11.3 Å². The van der Waals surface area contributed by atoms with Crippen molar-refractivity contribution in [3.63, 3.8) is 0 Å². The third-order valence-electron chi connectivity index (χ3n) is 4.53. The number of hydrogen-bond acceptors (Lipinski definition) is 3. The van der Waals surface area contributed by atoms with Crippen LogP contribution in [0.1, 0.15) is 37.3 Å². The molecule has 3 unspecified atom stereocenters. The molecule has 7 heteroatoms. The summed E-state index contributed by atoms with van der Waals surface area (Å²) < 4.78 is 38.5. The summed E-state index contributed by atoms with van der Waals surface area (Å²) >= 11 is 1.59. The molecular formula is C16H23F3N2OS. The molecule has 2 rings (SSSR count). The van der Waals surface area contributed by atoms with Crippen LogP contribution in [0.5, 0.6) is 0 Å². The lowest BCUT2D eigenvalue weighted by molar-refractivity contribution is -0.186. The van der Waals surface area contributed by atoms with Gasteiger partial charge in [0.1, 0.15) is 0 Å². The first kappa shape index (κ1) is 18.3. The molecule has 0 spiro atoms. The second kappa shape index (κ2) is 7.66. The van der Waals surface area contributed by atoms with Crippen molar-refractivity contribution in [2.75, 3.05) is 20.6 Å². The minimum absolute atomic E-state index is 0.0344. The molecule has 1 N–H and O–H groups in total. The Labute approximate surface area is 138 Å². The second-order valence-corrected chi connectivity index (χ2v) is 7.16. The highest BCUT2D eigenvalue weighted by molar-refractivity contribution is 7.07. The number of nitrogens with one attached hydrogen (secondary N) is 1. The number of halogens is 3. The van der Waals surface area contributed by atoms with Crippen molar-refractivity contribution in [1.29, 1.82) is 0 Å². The van der Waals surface area contributed by atoms with Gasteiger partial charge in [-0.25, -0.2) is 0 Å². The Morgan fingerprint density at radius 1 is 1.43 bits per heavy atom. The van der Waals surface area contributed by atoms with E-state index in [2.05, 4.69) is 5.32 Å². The molecule has 1 fully saturated rings. The normalized spacial score (nSPS) is 23.7. The molecule has 1 amide bonds. The molecule has 1 saturated carbocycles. The van der Waals surface area contributed by atoms with Gasteiger partial charge in [-0.2, -0.15) is 24.5 Å². The Kier molecular flexibility index (Phi) is 6.08. The van der Waals surface area contributed by atoms with Crippen LogP contribution in [0, 0.1) is 11.8 Å². The number of thiophene rings is 1. The third kappa shape index (κ3) is 4.94. The third-order valence-corrected chi connectivity index (χ3v) is 5.23. The van der Waals surface area contributed by atoms with Crippen molar-refractivity contribution in [1.82, 2.24) is 10.2 Å². The van der Waals surface area contributed by atoms with Gasteiger partial charge in [0.15, 0.2) is 0 Å². The van der Waals surface area contributed by atoms with Gasteiger partial charge in [-0.1, -0.05) is 6.42 Å². The summed E-state index contributed by atoms with van der Waals surface area (Å²) in [7, 11) is 3.85. The molecular weight excluding hydrogens is 325 g/mol. The lowest BCUT2D eigenvalue weighted by Gasteiger charge is -2.30. The van der Waals surface area contributed by atoms with Crippen molar-refractivity contribution in [2.24, 2.45) is 11.8 Å². The van der Waals surface area contributed by atoms with E-state index in [4.69, 9.17) is 0 Å². The van der Waals surface area contributed by atoms with Crippen molar-refractivity contribution in [2.45, 2.75) is 37.9 Å². The minimum Gasteiger partial charge on any atom is -0.354 e. The number of rotatable bonds is 5. The van der Waals surface area contributed by atoms with Crippen LogP contribution in [-0.2, 0) is 4.79 Å². The summed E-state index contributed by atoms with van der Waals surface area (Å²) in [5.74, 6) is -2.12. The van der Waals surface area contributed by atoms with Crippen LogP contribution in [0.25, 0.3) is 0 Å². The van der Waals surface area contributed by atoms with E-state index < -0.39 is 18.0 Å². The van der Waals surface area contributed by atoms with Gasteiger partial charge in [0.25, 0.3) is 0 Å². The molecule has 3 atom stereocenters. The fourth-order valence-electron chi connectivity index (χ4n) is 3.13. The van der Waals surface area contributed by atoms with Gasteiger partial charge < -0.3 is 10.2 Å². The summed E-state index contributed by atoms with van der Waals surface area (Å²) in [6.45, 7) is 0.412. The minimum atomic E-state index is -4.19. The molecule has 0 aromatic carbocycles. The molecule has 1 aromatic rings. The predicted octanol–water partition coefficient (Wildman–Crippen LogP) is 3.84. The van der Waals surface area contributed by atoms with Crippen molar-refractivity contribution in [3.05, 3.63) is 22.4 Å². The van der Waals surface area contributed by atoms with Crippen molar-refractivity contribution < 1.29 is 18.0 Å². The lowest BCUT2D eigenvalue weighted by Crippen LogP contribution is -2.40. The van der Waals surface area contributed by atoms with Gasteiger partial charge in [0, 0.05) is 12.5 Å². The quantitative estimate of drug-likeness (QED) is 0.877. The lowest BCUT2D eigenvalue weighted by atomic mass is 9.80. The molecule has 1 aromatic heterocycles. The smallest absolute Gasteiger partial charge is 0.354 e. The summed E-state index contributed by atoms with van der Waals surface area (Å²) in [6.07, 6.45) is -3.13. The topological polar surface area (TPSA) is 32.3 Å². The number of nitrogens with zero attached hydrogens (tertiary/aromatic N) is 1. The average Bonchev–Trinajstić information content (AvgIpc) is 3.00. The highest BCUT2D eigenvalue weighted by Gasteiger charge is 2.43. The molecule has 1 aliphatic carbocycles. The number of hydrogen-bond donors (Lipinski definition) is 1. The SMILES string of the molecule is CN(C)C(CNC(=O)C1CCCC(C(F)(F)F)C1)c1ccsc1. The van der Waals surface area contributed by atoms with Crippen LogP contribution in [0.2, 0.25) is 0 Å². The summed E-state index contributed by atoms with van der Waals surface area (Å²) in [5.41, 5.74) is 1.11. The van der Waals surface area contributed by atoms with E-state index in [1.807, 2.05) is 35.8 Å². The van der Waals surface area contributed by atoms with Gasteiger partial charge in [0.2, 0.25) is 5.91 Å². The molecule has 3 nitrogen and oxygen atoms in total. The van der Waals surface area contributed by atoms with Gasteiger partial charge in [0.05, 0.1) is 12.0 Å². The maximum atomic E-state index is 12.8. The van der Waals surface area contributed by atoms with Crippen LogP contribution in [-0.4, -0.2) is 37.6 Å². The zero-order valence-electron chi connectivity index (χ0n) is 13.4. The molecule has 23 heavy (non-hydrogen) atoms. The van der Waals surface area contributed by atoms with E-state index in [1.165, 1.54) is 0 Å². The maximum Gasteiger partial charge on any atom is 0.391 e. The van der Waals surface area contributed by atoms with Crippen LogP contribution in [0.4, 0.5) is 13.2 Å². The number of carbonyl (C=O) groups excluding carboxylic acids is 1. The molecule has 0 saturated heterocycles. The number of likely N-dealkylation sites (N-methyl/N-ethyl adjacent to an activating group) is 1.